The van der Waals surface area contributed by atoms with Gasteiger partial charge in [-0.1, -0.05) is 30.4 Å². The maximum Gasteiger partial charge on any atom is 2.00 e. The van der Waals surface area contributed by atoms with E-state index in [0.717, 1.165) is 5.70 Å². The molecule has 0 atom stereocenters. The fourth-order valence-corrected chi connectivity index (χ4v) is 1.29. The smallest absolute Gasteiger partial charge is 0.604 e. The molecule has 2 aliphatic rings. The number of hydrogen-bond acceptors (Lipinski definition) is 1. The van der Waals surface area contributed by atoms with Gasteiger partial charge in [0.05, 0.1) is 0 Å². The molecule has 1 aromatic rings. The maximum absolute atomic E-state index is 3.85. The van der Waals surface area contributed by atoms with Gasteiger partial charge < -0.3 is 10.9 Å². The Morgan fingerprint density at radius 1 is 1.00 bits per heavy atom. The van der Waals surface area contributed by atoms with Crippen LogP contribution in [-0.4, -0.2) is 0 Å². The zero-order chi connectivity index (χ0) is 10.3. The topological polar surface area (TPSA) is 26.1 Å². The first-order chi connectivity index (χ1) is 7.47. The molecule has 0 unspecified atom stereocenters. The molecule has 0 saturated carbocycles. The fourth-order valence-electron chi connectivity index (χ4n) is 1.29. The molecular formula is C13H12FeN2. The fraction of sp³-hybridized carbons (Fsp3) is 0. The van der Waals surface area contributed by atoms with Crippen LogP contribution >= 0.6 is 0 Å². The van der Waals surface area contributed by atoms with E-state index in [4.69, 9.17) is 0 Å². The molecule has 3 rings (SSSR count). The minimum atomic E-state index is 0. The first-order valence-electron chi connectivity index (χ1n) is 4.85. The third-order valence-electron chi connectivity index (χ3n) is 2.03. The Bertz CT molecular complexity index is 380. The molecule has 1 aliphatic carbocycles. The van der Waals surface area contributed by atoms with Crippen molar-refractivity contribution in [3.63, 3.8) is 0 Å². The van der Waals surface area contributed by atoms with Crippen LogP contribution in [0.2, 0.25) is 0 Å². The molecule has 0 bridgehead atoms. The Morgan fingerprint density at radius 2 is 1.69 bits per heavy atom. The van der Waals surface area contributed by atoms with Crippen molar-refractivity contribution in [3.05, 3.63) is 83.6 Å². The van der Waals surface area contributed by atoms with Crippen LogP contribution in [0.25, 0.3) is 5.43 Å². The normalized spacial score (nSPS) is 15.0. The molecule has 82 valence electrons. The first-order valence-corrected chi connectivity index (χ1v) is 4.85. The van der Waals surface area contributed by atoms with Crippen LogP contribution < -0.4 is 5.43 Å². The van der Waals surface area contributed by atoms with Gasteiger partial charge >= 0.3 is 17.1 Å². The van der Waals surface area contributed by atoms with Gasteiger partial charge in [0, 0.05) is 5.70 Å². The summed E-state index contributed by atoms with van der Waals surface area (Å²) in [6.07, 6.45) is 11.8. The van der Waals surface area contributed by atoms with Crippen molar-refractivity contribution >= 4 is 0 Å². The maximum atomic E-state index is 3.85. The summed E-state index contributed by atoms with van der Waals surface area (Å²) < 4.78 is 0. The van der Waals surface area contributed by atoms with E-state index in [0.29, 0.717) is 0 Å². The molecular weight excluding hydrogens is 240 g/mol. The van der Waals surface area contributed by atoms with Crippen molar-refractivity contribution in [2.45, 2.75) is 0 Å². The Balaban J connectivity index is 0.000000183. The predicted molar refractivity (Wildman–Crippen MR) is 63.0 cm³/mol. The second-order valence-electron chi connectivity index (χ2n) is 3.11. The molecule has 1 aromatic carbocycles. The summed E-state index contributed by atoms with van der Waals surface area (Å²) in [7, 11) is 0. The van der Waals surface area contributed by atoms with Crippen molar-refractivity contribution in [1.82, 2.24) is 5.43 Å². The van der Waals surface area contributed by atoms with E-state index >= 15 is 0 Å². The Hall–Kier alpha value is -1.57. The van der Waals surface area contributed by atoms with Crippen molar-refractivity contribution < 1.29 is 17.1 Å². The summed E-state index contributed by atoms with van der Waals surface area (Å²) in [5, 5.41) is 0. The summed E-state index contributed by atoms with van der Waals surface area (Å²) in [6.45, 7) is 0. The Kier molecular flexibility index (Phi) is 5.34. The summed E-state index contributed by atoms with van der Waals surface area (Å²) in [5.41, 5.74) is 9.01. The third kappa shape index (κ3) is 3.54. The van der Waals surface area contributed by atoms with Crippen LogP contribution in [-0.2, 0) is 17.1 Å². The van der Waals surface area contributed by atoms with E-state index in [1.807, 2.05) is 60.7 Å². The summed E-state index contributed by atoms with van der Waals surface area (Å²) in [6, 6.07) is 10.0. The van der Waals surface area contributed by atoms with Gasteiger partial charge in [-0.3, -0.25) is 0 Å². The second-order valence-corrected chi connectivity index (χ2v) is 3.11. The van der Waals surface area contributed by atoms with Crippen molar-refractivity contribution in [2.24, 2.45) is 0 Å². The van der Waals surface area contributed by atoms with Crippen LogP contribution in [0, 0.1) is 0 Å². The average Bonchev–Trinajstić information content (AvgIpc) is 3.06. The zero-order valence-corrected chi connectivity index (χ0v) is 9.76. The molecule has 0 spiro atoms. The van der Waals surface area contributed by atoms with Gasteiger partial charge in [0.25, 0.3) is 0 Å². The molecule has 0 fully saturated rings. The molecule has 0 amide bonds. The number of rotatable bonds is 0. The van der Waals surface area contributed by atoms with Crippen LogP contribution in [0.1, 0.15) is 0 Å². The summed E-state index contributed by atoms with van der Waals surface area (Å²) >= 11 is 0. The average molecular weight is 252 g/mol. The van der Waals surface area contributed by atoms with Crippen LogP contribution in [0.4, 0.5) is 0 Å². The van der Waals surface area contributed by atoms with Crippen LogP contribution in [0.3, 0.4) is 0 Å². The predicted octanol–water partition coefficient (Wildman–Crippen LogP) is 3.18. The van der Waals surface area contributed by atoms with E-state index in [-0.39, 0.29) is 17.1 Å². The summed E-state index contributed by atoms with van der Waals surface area (Å²) in [5.74, 6) is 0. The number of nitrogens with zero attached hydrogens (tertiary/aromatic N) is 1. The van der Waals surface area contributed by atoms with Crippen LogP contribution in [0.5, 0.6) is 0 Å². The minimum Gasteiger partial charge on any atom is -0.604 e. The summed E-state index contributed by atoms with van der Waals surface area (Å²) in [4.78, 5) is 0. The monoisotopic (exact) mass is 252 g/mol. The van der Waals surface area contributed by atoms with Crippen molar-refractivity contribution in [1.29, 1.82) is 0 Å². The number of allylic oxidation sites excluding steroid dienone is 6. The second kappa shape index (κ2) is 6.83. The van der Waals surface area contributed by atoms with Crippen LogP contribution in [0.15, 0.2) is 78.2 Å². The van der Waals surface area contributed by atoms with E-state index < -0.39 is 0 Å². The van der Waals surface area contributed by atoms with E-state index in [1.165, 1.54) is 5.57 Å². The molecule has 2 nitrogen and oxygen atoms in total. The third-order valence-corrected chi connectivity index (χ3v) is 2.03. The van der Waals surface area contributed by atoms with E-state index in [2.05, 4.69) is 10.9 Å². The minimum absolute atomic E-state index is 0. The molecule has 0 radical (unpaired) electrons. The van der Waals surface area contributed by atoms with Gasteiger partial charge in [0.2, 0.25) is 0 Å². The molecule has 1 heterocycles. The van der Waals surface area contributed by atoms with Crippen molar-refractivity contribution in [3.8, 4) is 0 Å². The molecule has 3 heteroatoms. The number of hydrogen-bond donors (Lipinski definition) is 1. The van der Waals surface area contributed by atoms with Gasteiger partial charge in [-0.15, -0.1) is 0 Å². The van der Waals surface area contributed by atoms with Crippen molar-refractivity contribution in [2.75, 3.05) is 0 Å². The zero-order valence-electron chi connectivity index (χ0n) is 8.65. The molecule has 1 aliphatic heterocycles. The van der Waals surface area contributed by atoms with Gasteiger partial charge in [-0.2, -0.15) is 24.4 Å². The quantitative estimate of drug-likeness (QED) is 0.557. The largest absolute Gasteiger partial charge is 2.00 e. The number of nitrogens with one attached hydrogen (secondary N) is 1. The van der Waals surface area contributed by atoms with Gasteiger partial charge in [0.1, 0.15) is 0 Å². The van der Waals surface area contributed by atoms with E-state index in [1.54, 1.807) is 6.20 Å². The molecule has 16 heavy (non-hydrogen) atoms. The van der Waals surface area contributed by atoms with E-state index in [9.17, 15) is 0 Å². The van der Waals surface area contributed by atoms with Gasteiger partial charge in [0.15, 0.2) is 0 Å². The van der Waals surface area contributed by atoms with Gasteiger partial charge in [-0.05, 0) is 5.57 Å². The standard InChI is InChI=1S/C8H7N2.C5H5.Fe/c1-2-4-7(3-1)8-5-6-9-10-8;1-2-4-5-3-1;/h1-6,10H;1-5H;/q2*-1;+2. The van der Waals surface area contributed by atoms with Gasteiger partial charge in [-0.25, -0.2) is 12.1 Å². The molecule has 0 saturated heterocycles. The Labute approximate surface area is 106 Å². The molecule has 0 aromatic heterocycles. The molecule has 1 N–H and O–H groups in total. The Morgan fingerprint density at radius 3 is 2.12 bits per heavy atom. The SMILES string of the molecule is C1=CC(=C2C=C[N-]N2)C=C1.[Fe+2].c1cc[cH-]c1. The first kappa shape index (κ1) is 12.5.